The highest BCUT2D eigenvalue weighted by molar-refractivity contribution is 5.35. The molecule has 1 fully saturated rings. The summed E-state index contributed by atoms with van der Waals surface area (Å²) in [5, 5.41) is 3.18. The molecule has 3 unspecified atom stereocenters. The number of benzene rings is 1. The SMILES string of the molecule is CNC(c1ccc(C(F)(F)F)cc1C)C1OCCC1C. The molecule has 1 saturated heterocycles. The number of halogens is 3. The average molecular weight is 287 g/mol. The number of likely N-dealkylation sites (N-methyl/N-ethyl adjacent to an activating group) is 1. The van der Waals surface area contributed by atoms with Crippen LogP contribution in [0.4, 0.5) is 13.2 Å². The molecule has 0 aliphatic carbocycles. The van der Waals surface area contributed by atoms with E-state index in [1.807, 2.05) is 7.05 Å². The maximum atomic E-state index is 12.7. The van der Waals surface area contributed by atoms with Crippen molar-refractivity contribution in [1.29, 1.82) is 0 Å². The second-order valence-corrected chi connectivity index (χ2v) is 5.44. The summed E-state index contributed by atoms with van der Waals surface area (Å²) in [6.45, 7) is 4.54. The van der Waals surface area contributed by atoms with Gasteiger partial charge in [-0.15, -0.1) is 0 Å². The van der Waals surface area contributed by atoms with Crippen LogP contribution in [-0.4, -0.2) is 19.8 Å². The van der Waals surface area contributed by atoms with Gasteiger partial charge in [0, 0.05) is 6.61 Å². The van der Waals surface area contributed by atoms with E-state index in [0.29, 0.717) is 18.1 Å². The quantitative estimate of drug-likeness (QED) is 0.915. The number of hydrogen-bond acceptors (Lipinski definition) is 2. The van der Waals surface area contributed by atoms with Crippen molar-refractivity contribution in [3.8, 4) is 0 Å². The Balaban J connectivity index is 2.31. The molecule has 0 bridgehead atoms. The van der Waals surface area contributed by atoms with E-state index in [0.717, 1.165) is 18.1 Å². The largest absolute Gasteiger partial charge is 0.416 e. The second-order valence-electron chi connectivity index (χ2n) is 5.44. The lowest BCUT2D eigenvalue weighted by Gasteiger charge is -2.27. The molecular formula is C15H20F3NO. The summed E-state index contributed by atoms with van der Waals surface area (Å²) in [7, 11) is 1.82. The lowest BCUT2D eigenvalue weighted by atomic mass is 9.89. The van der Waals surface area contributed by atoms with Gasteiger partial charge in [-0.1, -0.05) is 13.0 Å². The van der Waals surface area contributed by atoms with Crippen molar-refractivity contribution in [2.24, 2.45) is 5.92 Å². The zero-order valence-corrected chi connectivity index (χ0v) is 11.9. The predicted octanol–water partition coefficient (Wildman–Crippen LogP) is 3.70. The van der Waals surface area contributed by atoms with Crippen LogP contribution in [0.1, 0.15) is 36.1 Å². The second kappa shape index (κ2) is 5.74. The molecule has 0 aromatic heterocycles. The highest BCUT2D eigenvalue weighted by atomic mass is 19.4. The van der Waals surface area contributed by atoms with Crippen molar-refractivity contribution in [2.45, 2.75) is 38.6 Å². The van der Waals surface area contributed by atoms with Crippen LogP contribution in [0, 0.1) is 12.8 Å². The monoisotopic (exact) mass is 287 g/mol. The third-order valence-electron chi connectivity index (χ3n) is 4.02. The van der Waals surface area contributed by atoms with Gasteiger partial charge in [-0.3, -0.25) is 0 Å². The summed E-state index contributed by atoms with van der Waals surface area (Å²) < 4.78 is 43.9. The first-order chi connectivity index (χ1) is 9.34. The normalized spacial score (nSPS) is 24.9. The minimum atomic E-state index is -4.30. The molecule has 1 aromatic rings. The first-order valence-electron chi connectivity index (χ1n) is 6.81. The molecule has 1 aliphatic rings. The lowest BCUT2D eigenvalue weighted by molar-refractivity contribution is -0.137. The van der Waals surface area contributed by atoms with Gasteiger partial charge in [-0.05, 0) is 49.6 Å². The summed E-state index contributed by atoms with van der Waals surface area (Å²) in [5.41, 5.74) is 0.912. The fourth-order valence-corrected chi connectivity index (χ4v) is 2.84. The van der Waals surface area contributed by atoms with Crippen molar-refractivity contribution in [3.05, 3.63) is 34.9 Å². The third-order valence-corrected chi connectivity index (χ3v) is 4.02. The van der Waals surface area contributed by atoms with Gasteiger partial charge < -0.3 is 10.1 Å². The number of hydrogen-bond donors (Lipinski definition) is 1. The van der Waals surface area contributed by atoms with Crippen LogP contribution >= 0.6 is 0 Å². The van der Waals surface area contributed by atoms with Gasteiger partial charge in [-0.25, -0.2) is 0 Å². The zero-order chi connectivity index (χ0) is 14.9. The average Bonchev–Trinajstić information content (AvgIpc) is 2.77. The van der Waals surface area contributed by atoms with Gasteiger partial charge in [0.2, 0.25) is 0 Å². The molecule has 0 saturated carbocycles. The molecule has 1 aliphatic heterocycles. The number of nitrogens with one attached hydrogen (secondary N) is 1. The molecule has 112 valence electrons. The predicted molar refractivity (Wildman–Crippen MR) is 71.5 cm³/mol. The van der Waals surface area contributed by atoms with Crippen molar-refractivity contribution < 1.29 is 17.9 Å². The van der Waals surface area contributed by atoms with E-state index < -0.39 is 11.7 Å². The molecule has 2 rings (SSSR count). The Hall–Kier alpha value is -1.07. The van der Waals surface area contributed by atoms with Gasteiger partial charge in [-0.2, -0.15) is 13.2 Å². The van der Waals surface area contributed by atoms with Gasteiger partial charge in [0.15, 0.2) is 0 Å². The van der Waals surface area contributed by atoms with Crippen LogP contribution in [0.5, 0.6) is 0 Å². The first-order valence-corrected chi connectivity index (χ1v) is 6.81. The fraction of sp³-hybridized carbons (Fsp3) is 0.600. The number of rotatable bonds is 3. The molecule has 20 heavy (non-hydrogen) atoms. The van der Waals surface area contributed by atoms with E-state index in [9.17, 15) is 13.2 Å². The van der Waals surface area contributed by atoms with E-state index in [1.165, 1.54) is 6.07 Å². The Kier molecular flexibility index (Phi) is 4.39. The molecule has 5 heteroatoms. The Morgan fingerprint density at radius 2 is 2.05 bits per heavy atom. The molecule has 1 aromatic carbocycles. The lowest BCUT2D eigenvalue weighted by Crippen LogP contribution is -2.33. The van der Waals surface area contributed by atoms with E-state index >= 15 is 0 Å². The minimum absolute atomic E-state index is 0.00966. The van der Waals surface area contributed by atoms with Gasteiger partial charge in [0.25, 0.3) is 0 Å². The molecule has 2 nitrogen and oxygen atoms in total. The number of alkyl halides is 3. The smallest absolute Gasteiger partial charge is 0.376 e. The Bertz CT molecular complexity index is 473. The zero-order valence-electron chi connectivity index (χ0n) is 11.9. The van der Waals surface area contributed by atoms with Crippen molar-refractivity contribution >= 4 is 0 Å². The molecule has 0 spiro atoms. The van der Waals surface area contributed by atoms with Crippen LogP contribution in [0.3, 0.4) is 0 Å². The minimum Gasteiger partial charge on any atom is -0.376 e. The van der Waals surface area contributed by atoms with Crippen LogP contribution in [0.2, 0.25) is 0 Å². The van der Waals surface area contributed by atoms with E-state index in [4.69, 9.17) is 4.74 Å². The van der Waals surface area contributed by atoms with Crippen molar-refractivity contribution in [3.63, 3.8) is 0 Å². The van der Waals surface area contributed by atoms with E-state index in [-0.39, 0.29) is 12.1 Å². The summed E-state index contributed by atoms with van der Waals surface area (Å²) >= 11 is 0. The van der Waals surface area contributed by atoms with E-state index in [1.54, 1.807) is 13.0 Å². The maximum Gasteiger partial charge on any atom is 0.416 e. The van der Waals surface area contributed by atoms with Gasteiger partial charge >= 0.3 is 6.18 Å². The van der Waals surface area contributed by atoms with Crippen LogP contribution in [0.15, 0.2) is 18.2 Å². The molecule has 3 atom stereocenters. The van der Waals surface area contributed by atoms with Crippen LogP contribution in [-0.2, 0) is 10.9 Å². The fourth-order valence-electron chi connectivity index (χ4n) is 2.84. The molecule has 1 heterocycles. The standard InChI is InChI=1S/C15H20F3NO/c1-9-6-7-20-14(9)13(19-3)12-5-4-11(8-10(12)2)15(16,17)18/h4-5,8-9,13-14,19H,6-7H2,1-3H3. The Labute approximate surface area is 117 Å². The number of aryl methyl sites for hydroxylation is 1. The van der Waals surface area contributed by atoms with Crippen LogP contribution < -0.4 is 5.32 Å². The summed E-state index contributed by atoms with van der Waals surface area (Å²) in [4.78, 5) is 0. The topological polar surface area (TPSA) is 21.3 Å². The van der Waals surface area contributed by atoms with Crippen molar-refractivity contribution in [2.75, 3.05) is 13.7 Å². The number of ether oxygens (including phenoxy) is 1. The maximum absolute atomic E-state index is 12.7. The molecule has 0 radical (unpaired) electrons. The highest BCUT2D eigenvalue weighted by Crippen LogP contribution is 2.35. The molecule has 0 amide bonds. The third kappa shape index (κ3) is 2.99. The Morgan fingerprint density at radius 1 is 1.35 bits per heavy atom. The molecule has 1 N–H and O–H groups in total. The van der Waals surface area contributed by atoms with Gasteiger partial charge in [0.05, 0.1) is 17.7 Å². The van der Waals surface area contributed by atoms with Gasteiger partial charge in [0.1, 0.15) is 0 Å². The van der Waals surface area contributed by atoms with Crippen LogP contribution in [0.25, 0.3) is 0 Å². The van der Waals surface area contributed by atoms with E-state index in [2.05, 4.69) is 12.2 Å². The highest BCUT2D eigenvalue weighted by Gasteiger charge is 2.35. The van der Waals surface area contributed by atoms with Crippen molar-refractivity contribution in [1.82, 2.24) is 5.32 Å². The Morgan fingerprint density at radius 3 is 2.50 bits per heavy atom. The molecular weight excluding hydrogens is 267 g/mol. The first kappa shape index (κ1) is 15.3. The summed E-state index contributed by atoms with van der Waals surface area (Å²) in [5.74, 6) is 0.397. The summed E-state index contributed by atoms with van der Waals surface area (Å²) in [6, 6.07) is 3.84. The summed E-state index contributed by atoms with van der Waals surface area (Å²) in [6.07, 6.45) is -3.30.